The van der Waals surface area contributed by atoms with Crippen molar-refractivity contribution in [1.82, 2.24) is 19.6 Å². The quantitative estimate of drug-likeness (QED) is 0.0425. The Kier molecular flexibility index (Phi) is 8.85. The lowest BCUT2D eigenvalue weighted by Crippen LogP contribution is -2.29. The minimum absolute atomic E-state index is 0.0795. The predicted molar refractivity (Wildman–Crippen MR) is 174 cm³/mol. The van der Waals surface area contributed by atoms with Crippen LogP contribution in [-0.4, -0.2) is 50.1 Å². The number of nitrogens with zero attached hydrogens (tertiary/aromatic N) is 5. The number of rotatable bonds is 11. The number of amides is 1. The fraction of sp³-hybridized carbons (Fsp3) is 0.242. The number of hydrogen-bond acceptors (Lipinski definition) is 10. The van der Waals surface area contributed by atoms with Crippen LogP contribution in [0.1, 0.15) is 48.3 Å². The molecule has 1 aliphatic heterocycles. The van der Waals surface area contributed by atoms with Crippen LogP contribution in [0, 0.1) is 6.92 Å². The summed E-state index contributed by atoms with van der Waals surface area (Å²) >= 11 is 2.70. The lowest BCUT2D eigenvalue weighted by Gasteiger charge is -2.23. The number of hydrogen-bond donors (Lipinski definition) is 1. The van der Waals surface area contributed by atoms with Gasteiger partial charge in [0, 0.05) is 11.9 Å². The molecule has 0 bridgehead atoms. The van der Waals surface area contributed by atoms with E-state index >= 15 is 0 Å². The Morgan fingerprint density at radius 1 is 1.04 bits per heavy atom. The first-order chi connectivity index (χ1) is 21.9. The van der Waals surface area contributed by atoms with Crippen molar-refractivity contribution in [3.63, 3.8) is 0 Å². The molecular formula is C33H31N5O5S2. The van der Waals surface area contributed by atoms with Crippen LogP contribution in [0.3, 0.4) is 0 Å². The van der Waals surface area contributed by atoms with E-state index in [4.69, 9.17) is 9.47 Å². The molecular weight excluding hydrogens is 611 g/mol. The van der Waals surface area contributed by atoms with Crippen molar-refractivity contribution in [3.05, 3.63) is 101 Å². The average molecular weight is 642 g/mol. The predicted octanol–water partition coefficient (Wildman–Crippen LogP) is 6.60. The number of carbonyl (C=O) groups is 2. The topological polar surface area (TPSA) is 119 Å². The highest BCUT2D eigenvalue weighted by atomic mass is 32.2. The summed E-state index contributed by atoms with van der Waals surface area (Å²) in [5.41, 5.74) is 3.02. The number of benzene rings is 2. The zero-order chi connectivity index (χ0) is 31.5. The van der Waals surface area contributed by atoms with Crippen molar-refractivity contribution >= 4 is 51.3 Å². The lowest BCUT2D eigenvalue weighted by atomic mass is 9.96. The number of imidazole rings is 1. The molecule has 10 nitrogen and oxygen atoms in total. The van der Waals surface area contributed by atoms with Gasteiger partial charge >= 0.3 is 5.91 Å². The number of ketones is 1. The number of methoxy groups -OCH3 is 1. The SMILES string of the molecule is CCCCOc1ccc(C2/C(=C(\O)c3c(C)nc4ccccn34)C(=O)C(=O)N2c2nnc(SCc3ccccc3)s2)cc1OC. The normalized spacial score (nSPS) is 16.1. The summed E-state index contributed by atoms with van der Waals surface area (Å²) < 4.78 is 13.9. The van der Waals surface area contributed by atoms with Crippen molar-refractivity contribution in [2.24, 2.45) is 0 Å². The largest absolute Gasteiger partial charge is 0.505 e. The minimum atomic E-state index is -1.02. The van der Waals surface area contributed by atoms with Gasteiger partial charge in [-0.2, -0.15) is 0 Å². The number of thioether (sulfide) groups is 1. The summed E-state index contributed by atoms with van der Waals surface area (Å²) in [5.74, 6) is -0.328. The highest BCUT2D eigenvalue weighted by Gasteiger charge is 2.49. The van der Waals surface area contributed by atoms with Gasteiger partial charge in [0.2, 0.25) is 5.13 Å². The van der Waals surface area contributed by atoms with E-state index in [2.05, 4.69) is 22.1 Å². The van der Waals surface area contributed by atoms with E-state index in [9.17, 15) is 14.7 Å². The second-order valence-corrected chi connectivity index (χ2v) is 12.6. The third-order valence-corrected chi connectivity index (χ3v) is 9.57. The van der Waals surface area contributed by atoms with E-state index in [1.165, 1.54) is 35.1 Å². The molecule has 0 aliphatic carbocycles. The van der Waals surface area contributed by atoms with Crippen LogP contribution < -0.4 is 14.4 Å². The van der Waals surface area contributed by atoms with Gasteiger partial charge in [-0.25, -0.2) is 4.98 Å². The number of ether oxygens (including phenoxy) is 2. The minimum Gasteiger partial charge on any atom is -0.505 e. The summed E-state index contributed by atoms with van der Waals surface area (Å²) in [4.78, 5) is 33.5. The van der Waals surface area contributed by atoms with Gasteiger partial charge in [0.05, 0.1) is 31.0 Å². The Morgan fingerprint density at radius 2 is 1.84 bits per heavy atom. The van der Waals surface area contributed by atoms with Crippen LogP contribution in [0.5, 0.6) is 11.5 Å². The second kappa shape index (κ2) is 13.1. The molecule has 12 heteroatoms. The highest BCUT2D eigenvalue weighted by Crippen LogP contribution is 2.46. The van der Waals surface area contributed by atoms with E-state index in [-0.39, 0.29) is 16.5 Å². The molecule has 4 heterocycles. The molecule has 1 saturated heterocycles. The third kappa shape index (κ3) is 5.90. The Balaban J connectivity index is 1.46. The fourth-order valence-electron chi connectivity index (χ4n) is 5.25. The first-order valence-electron chi connectivity index (χ1n) is 14.5. The fourth-order valence-corrected chi connectivity index (χ4v) is 7.07. The Hall–Kier alpha value is -4.68. The average Bonchev–Trinajstić information content (AvgIpc) is 3.74. The number of carbonyl (C=O) groups excluding carboxylic acids is 2. The van der Waals surface area contributed by atoms with Crippen molar-refractivity contribution in [2.45, 2.75) is 42.8 Å². The van der Waals surface area contributed by atoms with Gasteiger partial charge in [-0.3, -0.25) is 18.9 Å². The zero-order valence-electron chi connectivity index (χ0n) is 25.0. The van der Waals surface area contributed by atoms with Gasteiger partial charge in [-0.15, -0.1) is 10.2 Å². The first kappa shape index (κ1) is 30.4. The monoisotopic (exact) mass is 641 g/mol. The molecule has 1 fully saturated rings. The Bertz CT molecular complexity index is 1900. The van der Waals surface area contributed by atoms with Gasteiger partial charge in [-0.1, -0.05) is 78.9 Å². The van der Waals surface area contributed by atoms with Crippen molar-refractivity contribution in [2.75, 3.05) is 18.6 Å². The molecule has 1 N–H and O–H groups in total. The van der Waals surface area contributed by atoms with Gasteiger partial charge in [0.1, 0.15) is 11.3 Å². The van der Waals surface area contributed by atoms with Crippen LogP contribution in [0.15, 0.2) is 82.8 Å². The summed E-state index contributed by atoms with van der Waals surface area (Å²) in [6.07, 6.45) is 3.61. The number of pyridine rings is 1. The highest BCUT2D eigenvalue weighted by molar-refractivity contribution is 8.00. The van der Waals surface area contributed by atoms with Gasteiger partial charge in [0.25, 0.3) is 5.78 Å². The maximum absolute atomic E-state index is 13.8. The van der Waals surface area contributed by atoms with Crippen molar-refractivity contribution in [1.29, 1.82) is 0 Å². The maximum Gasteiger partial charge on any atom is 0.301 e. The molecule has 0 spiro atoms. The van der Waals surface area contributed by atoms with Crippen LogP contribution in [-0.2, 0) is 15.3 Å². The van der Waals surface area contributed by atoms with Crippen LogP contribution in [0.25, 0.3) is 11.4 Å². The third-order valence-electron chi connectivity index (χ3n) is 7.44. The number of Topliss-reactive ketones (excluding diaryl/α,β-unsaturated/α-hetero) is 1. The summed E-state index contributed by atoms with van der Waals surface area (Å²) in [5, 5.41) is 20.7. The first-order valence-corrected chi connectivity index (χ1v) is 16.3. The van der Waals surface area contributed by atoms with E-state index in [1.807, 2.05) is 36.4 Å². The molecule has 45 heavy (non-hydrogen) atoms. The maximum atomic E-state index is 13.8. The van der Waals surface area contributed by atoms with E-state index in [0.29, 0.717) is 50.8 Å². The molecule has 3 aromatic heterocycles. The number of unbranched alkanes of at least 4 members (excludes halogenated alkanes) is 1. The number of aliphatic hydroxyl groups excluding tert-OH is 1. The van der Waals surface area contributed by atoms with Gasteiger partial charge in [-0.05, 0) is 48.7 Å². The van der Waals surface area contributed by atoms with E-state index in [0.717, 1.165) is 18.4 Å². The van der Waals surface area contributed by atoms with Crippen LogP contribution in [0.4, 0.5) is 5.13 Å². The molecule has 1 aliphatic rings. The summed E-state index contributed by atoms with van der Waals surface area (Å²) in [6, 6.07) is 19.6. The second-order valence-electron chi connectivity index (χ2n) is 10.4. The standard InChI is InChI=1S/C33H31N5O5S2/c1-4-5-17-43-23-15-14-22(18-24(23)42-3)28-26(29(39)27-20(2)34-25-13-9-10-16-37(25)27)30(40)31(41)38(28)32-35-36-33(45-32)44-19-21-11-7-6-8-12-21/h6-16,18,28,39H,4-5,17,19H2,1-3H3/b29-26+. The molecule has 0 saturated carbocycles. The molecule has 0 radical (unpaired) electrons. The number of aliphatic hydroxyl groups is 1. The lowest BCUT2D eigenvalue weighted by molar-refractivity contribution is -0.132. The summed E-state index contributed by atoms with van der Waals surface area (Å²) in [7, 11) is 1.53. The van der Waals surface area contributed by atoms with Crippen molar-refractivity contribution in [3.8, 4) is 11.5 Å². The van der Waals surface area contributed by atoms with Crippen molar-refractivity contribution < 1.29 is 24.2 Å². The molecule has 230 valence electrons. The molecule has 1 amide bonds. The zero-order valence-corrected chi connectivity index (χ0v) is 26.6. The summed E-state index contributed by atoms with van der Waals surface area (Å²) in [6.45, 7) is 4.35. The molecule has 6 rings (SSSR count). The molecule has 1 unspecified atom stereocenters. The Labute approximate surface area is 268 Å². The van der Waals surface area contributed by atoms with Crippen LogP contribution in [0.2, 0.25) is 0 Å². The van der Waals surface area contributed by atoms with Gasteiger partial charge in [0.15, 0.2) is 21.6 Å². The number of aryl methyl sites for hydroxylation is 1. The smallest absolute Gasteiger partial charge is 0.301 e. The number of aromatic nitrogens is 4. The number of fused-ring (bicyclic) bond motifs is 1. The molecule has 2 aromatic carbocycles. The molecule has 5 aromatic rings. The number of anilines is 1. The van der Waals surface area contributed by atoms with Crippen LogP contribution >= 0.6 is 23.1 Å². The van der Waals surface area contributed by atoms with E-state index < -0.39 is 17.7 Å². The van der Waals surface area contributed by atoms with Gasteiger partial charge < -0.3 is 14.6 Å². The van der Waals surface area contributed by atoms with E-state index in [1.54, 1.807) is 47.9 Å². The molecule has 1 atom stereocenters. The Morgan fingerprint density at radius 3 is 2.62 bits per heavy atom.